The summed E-state index contributed by atoms with van der Waals surface area (Å²) in [5, 5.41) is 4.57. The molecule has 1 saturated heterocycles. The number of piperazine rings is 1. The van der Waals surface area contributed by atoms with Crippen molar-refractivity contribution in [2.45, 2.75) is 13.5 Å². The maximum Gasteiger partial charge on any atom is 0.269 e. The largest absolute Gasteiger partial charge is 0.304 e. The molecule has 23 heavy (non-hydrogen) atoms. The van der Waals surface area contributed by atoms with Crippen LogP contribution in [0.2, 0.25) is 0 Å². The minimum atomic E-state index is 0.0128. The summed E-state index contributed by atoms with van der Waals surface area (Å²) in [5.74, 6) is 0. The van der Waals surface area contributed by atoms with E-state index in [2.05, 4.69) is 21.9 Å². The lowest BCUT2D eigenvalue weighted by Gasteiger charge is -2.32. The van der Waals surface area contributed by atoms with E-state index in [-0.39, 0.29) is 5.56 Å². The Labute approximate surface area is 137 Å². The monoisotopic (exact) mass is 312 g/mol. The summed E-state index contributed by atoms with van der Waals surface area (Å²) in [6.45, 7) is 7.67. The van der Waals surface area contributed by atoms with Crippen LogP contribution >= 0.6 is 0 Å². The molecule has 0 N–H and O–H groups in total. The van der Waals surface area contributed by atoms with Gasteiger partial charge in [0.1, 0.15) is 0 Å². The molecule has 0 radical (unpaired) electrons. The molecule has 1 aromatic heterocycles. The molecule has 1 fully saturated rings. The fourth-order valence-electron chi connectivity index (χ4n) is 2.88. The van der Waals surface area contributed by atoms with Crippen LogP contribution in [0.15, 0.2) is 41.2 Å². The van der Waals surface area contributed by atoms with Crippen molar-refractivity contribution in [1.82, 2.24) is 19.6 Å². The zero-order valence-electron chi connectivity index (χ0n) is 13.9. The molecule has 3 rings (SSSR count). The normalized spacial score (nSPS) is 16.6. The highest BCUT2D eigenvalue weighted by molar-refractivity contribution is 5.58. The van der Waals surface area contributed by atoms with Gasteiger partial charge in [0, 0.05) is 43.9 Å². The van der Waals surface area contributed by atoms with Gasteiger partial charge < -0.3 is 4.90 Å². The highest BCUT2D eigenvalue weighted by Gasteiger charge is 2.14. The van der Waals surface area contributed by atoms with Gasteiger partial charge in [-0.05, 0) is 20.0 Å². The first-order valence-electron chi connectivity index (χ1n) is 8.18. The summed E-state index contributed by atoms with van der Waals surface area (Å²) in [4.78, 5) is 17.1. The SMILES string of the molecule is Cc1cc(-c2ccccc2)nn(CCN2CCN(C)CC2)c1=O. The molecule has 0 unspecified atom stereocenters. The first kappa shape index (κ1) is 15.9. The Morgan fingerprint density at radius 2 is 1.74 bits per heavy atom. The molecule has 1 aliphatic rings. The van der Waals surface area contributed by atoms with Crippen LogP contribution in [0.4, 0.5) is 0 Å². The molecule has 1 aliphatic heterocycles. The predicted molar refractivity (Wildman–Crippen MR) is 92.6 cm³/mol. The summed E-state index contributed by atoms with van der Waals surface area (Å²) < 4.78 is 1.62. The third-order valence-corrected chi connectivity index (χ3v) is 4.45. The quantitative estimate of drug-likeness (QED) is 0.857. The highest BCUT2D eigenvalue weighted by Crippen LogP contribution is 2.15. The molecular weight excluding hydrogens is 288 g/mol. The third kappa shape index (κ3) is 3.86. The number of rotatable bonds is 4. The fraction of sp³-hybridized carbons (Fsp3) is 0.444. The van der Waals surface area contributed by atoms with E-state index in [0.717, 1.165) is 49.5 Å². The van der Waals surface area contributed by atoms with E-state index < -0.39 is 0 Å². The number of hydrogen-bond acceptors (Lipinski definition) is 4. The lowest BCUT2D eigenvalue weighted by Crippen LogP contribution is -2.46. The second-order valence-corrected chi connectivity index (χ2v) is 6.25. The van der Waals surface area contributed by atoms with Crippen LogP contribution < -0.4 is 5.56 Å². The summed E-state index contributed by atoms with van der Waals surface area (Å²) in [6.07, 6.45) is 0. The average molecular weight is 312 g/mol. The Hall–Kier alpha value is -1.98. The minimum Gasteiger partial charge on any atom is -0.304 e. The Morgan fingerprint density at radius 3 is 2.43 bits per heavy atom. The zero-order valence-corrected chi connectivity index (χ0v) is 13.9. The molecule has 0 atom stereocenters. The van der Waals surface area contributed by atoms with E-state index in [1.54, 1.807) is 4.68 Å². The van der Waals surface area contributed by atoms with Crippen molar-refractivity contribution in [2.24, 2.45) is 0 Å². The Morgan fingerprint density at radius 1 is 1.04 bits per heavy atom. The van der Waals surface area contributed by atoms with Gasteiger partial charge in [0.15, 0.2) is 0 Å². The van der Waals surface area contributed by atoms with Gasteiger partial charge >= 0.3 is 0 Å². The molecule has 0 spiro atoms. The second kappa shape index (κ2) is 7.06. The van der Waals surface area contributed by atoms with Gasteiger partial charge in [0.05, 0.1) is 12.2 Å². The van der Waals surface area contributed by atoms with Crippen molar-refractivity contribution in [3.8, 4) is 11.3 Å². The first-order valence-corrected chi connectivity index (χ1v) is 8.18. The third-order valence-electron chi connectivity index (χ3n) is 4.45. The van der Waals surface area contributed by atoms with Crippen LogP contribution in [0.1, 0.15) is 5.56 Å². The van der Waals surface area contributed by atoms with E-state index in [4.69, 9.17) is 0 Å². The Bertz CT molecular complexity index is 703. The van der Waals surface area contributed by atoms with Crippen LogP contribution in [0.5, 0.6) is 0 Å². The molecule has 1 aromatic carbocycles. The molecule has 0 aliphatic carbocycles. The number of hydrogen-bond donors (Lipinski definition) is 0. The van der Waals surface area contributed by atoms with Crippen LogP contribution in [0.3, 0.4) is 0 Å². The fourth-order valence-corrected chi connectivity index (χ4v) is 2.88. The van der Waals surface area contributed by atoms with Gasteiger partial charge in [-0.15, -0.1) is 0 Å². The summed E-state index contributed by atoms with van der Waals surface area (Å²) >= 11 is 0. The molecule has 2 aromatic rings. The van der Waals surface area contributed by atoms with Crippen molar-refractivity contribution >= 4 is 0 Å². The van der Waals surface area contributed by atoms with E-state index in [1.807, 2.05) is 43.3 Å². The van der Waals surface area contributed by atoms with Gasteiger partial charge in [-0.1, -0.05) is 30.3 Å². The summed E-state index contributed by atoms with van der Waals surface area (Å²) in [7, 11) is 2.15. The van der Waals surface area contributed by atoms with E-state index in [0.29, 0.717) is 6.54 Å². The smallest absolute Gasteiger partial charge is 0.269 e. The van der Waals surface area contributed by atoms with Crippen molar-refractivity contribution in [3.63, 3.8) is 0 Å². The van der Waals surface area contributed by atoms with Crippen LogP contribution in [-0.4, -0.2) is 59.4 Å². The zero-order chi connectivity index (χ0) is 16.2. The average Bonchev–Trinajstić information content (AvgIpc) is 2.58. The van der Waals surface area contributed by atoms with Crippen LogP contribution in [0.25, 0.3) is 11.3 Å². The van der Waals surface area contributed by atoms with Crippen molar-refractivity contribution in [3.05, 3.63) is 52.3 Å². The number of aromatic nitrogens is 2. The second-order valence-electron chi connectivity index (χ2n) is 6.25. The van der Waals surface area contributed by atoms with Gasteiger partial charge in [0.25, 0.3) is 5.56 Å². The maximum absolute atomic E-state index is 12.4. The van der Waals surface area contributed by atoms with E-state index >= 15 is 0 Å². The highest BCUT2D eigenvalue weighted by atomic mass is 16.1. The van der Waals surface area contributed by atoms with E-state index in [1.165, 1.54) is 0 Å². The van der Waals surface area contributed by atoms with E-state index in [9.17, 15) is 4.79 Å². The molecule has 5 nitrogen and oxygen atoms in total. The standard InChI is InChI=1S/C18H24N4O/c1-15-14-17(16-6-4-3-5-7-16)19-22(18(15)23)13-12-21-10-8-20(2)9-11-21/h3-7,14H,8-13H2,1-2H3. The molecular formula is C18H24N4O. The van der Waals surface area contributed by atoms with Crippen LogP contribution in [0, 0.1) is 6.92 Å². The number of likely N-dealkylation sites (N-methyl/N-ethyl adjacent to an activating group) is 1. The van der Waals surface area contributed by atoms with Gasteiger partial charge in [-0.25, -0.2) is 4.68 Å². The lowest BCUT2D eigenvalue weighted by molar-refractivity contribution is 0.148. The topological polar surface area (TPSA) is 41.4 Å². The minimum absolute atomic E-state index is 0.0128. The van der Waals surface area contributed by atoms with Crippen molar-refractivity contribution < 1.29 is 0 Å². The molecule has 5 heteroatoms. The van der Waals surface area contributed by atoms with Crippen LogP contribution in [-0.2, 0) is 6.54 Å². The number of aryl methyl sites for hydroxylation is 1. The molecule has 2 heterocycles. The molecule has 0 saturated carbocycles. The Kier molecular flexibility index (Phi) is 4.88. The first-order chi connectivity index (χ1) is 11.1. The van der Waals surface area contributed by atoms with Gasteiger partial charge in [-0.2, -0.15) is 5.10 Å². The summed E-state index contributed by atoms with van der Waals surface area (Å²) in [6, 6.07) is 11.9. The van der Waals surface area contributed by atoms with Crippen molar-refractivity contribution in [2.75, 3.05) is 39.8 Å². The van der Waals surface area contributed by atoms with Crippen molar-refractivity contribution in [1.29, 1.82) is 0 Å². The molecule has 0 amide bonds. The van der Waals surface area contributed by atoms with Gasteiger partial charge in [0.2, 0.25) is 0 Å². The molecule has 122 valence electrons. The Balaban J connectivity index is 1.76. The molecule has 0 bridgehead atoms. The predicted octanol–water partition coefficient (Wildman–Crippen LogP) is 1.47. The summed E-state index contributed by atoms with van der Waals surface area (Å²) in [5.41, 5.74) is 2.67. The van der Waals surface area contributed by atoms with Gasteiger partial charge in [-0.3, -0.25) is 9.69 Å². The number of benzene rings is 1. The maximum atomic E-state index is 12.4. The number of nitrogens with zero attached hydrogens (tertiary/aromatic N) is 4. The lowest BCUT2D eigenvalue weighted by atomic mass is 10.1.